The van der Waals surface area contributed by atoms with E-state index in [4.69, 9.17) is 0 Å². The molecule has 6 heteroatoms. The van der Waals surface area contributed by atoms with Gasteiger partial charge >= 0.3 is 6.18 Å². The van der Waals surface area contributed by atoms with Gasteiger partial charge in [0.25, 0.3) is 0 Å². The molecule has 1 aromatic rings. The fourth-order valence-corrected chi connectivity index (χ4v) is 2.47. The van der Waals surface area contributed by atoms with Crippen molar-refractivity contribution in [2.45, 2.75) is 38.5 Å². The molecule has 2 rings (SSSR count). The molecule has 1 N–H and O–H groups in total. The van der Waals surface area contributed by atoms with Crippen LogP contribution in [0.5, 0.6) is 0 Å². The van der Waals surface area contributed by atoms with Crippen LogP contribution in [0, 0.1) is 0 Å². The first kappa shape index (κ1) is 15.8. The number of alkyl halides is 3. The minimum Gasteiger partial charge on any atom is -0.337 e. The number of rotatable bonds is 5. The van der Waals surface area contributed by atoms with Gasteiger partial charge in [-0.2, -0.15) is 13.2 Å². The Bertz CT molecular complexity index is 502. The molecular weight excluding hydrogens is 281 g/mol. The number of halogens is 3. The summed E-state index contributed by atoms with van der Waals surface area (Å²) in [5.74, 6) is -0.0270. The van der Waals surface area contributed by atoms with Crippen LogP contribution in [-0.4, -0.2) is 29.9 Å². The van der Waals surface area contributed by atoms with E-state index in [1.165, 1.54) is 6.07 Å². The molecular formula is C15H19F3N2O. The van der Waals surface area contributed by atoms with E-state index < -0.39 is 11.7 Å². The quantitative estimate of drug-likeness (QED) is 0.907. The van der Waals surface area contributed by atoms with Gasteiger partial charge in [0.05, 0.1) is 11.6 Å². The van der Waals surface area contributed by atoms with Crippen molar-refractivity contribution in [3.05, 3.63) is 35.4 Å². The second-order valence-electron chi connectivity index (χ2n) is 5.25. The molecule has 1 aromatic carbocycles. The van der Waals surface area contributed by atoms with Crippen LogP contribution < -0.4 is 5.32 Å². The topological polar surface area (TPSA) is 32.3 Å². The Balaban J connectivity index is 2.01. The van der Waals surface area contributed by atoms with E-state index in [0.29, 0.717) is 18.5 Å². The second kappa shape index (κ2) is 6.47. The van der Waals surface area contributed by atoms with Gasteiger partial charge in [-0.3, -0.25) is 4.79 Å². The van der Waals surface area contributed by atoms with E-state index >= 15 is 0 Å². The number of hydrogen-bond acceptors (Lipinski definition) is 2. The van der Waals surface area contributed by atoms with Crippen LogP contribution >= 0.6 is 0 Å². The van der Waals surface area contributed by atoms with Gasteiger partial charge in [0.1, 0.15) is 0 Å². The van der Waals surface area contributed by atoms with Crippen LogP contribution in [-0.2, 0) is 17.5 Å². The van der Waals surface area contributed by atoms with Gasteiger partial charge in [0.15, 0.2) is 0 Å². The summed E-state index contributed by atoms with van der Waals surface area (Å²) in [6.45, 7) is 3.60. The Kier molecular flexibility index (Phi) is 4.88. The first-order valence-corrected chi connectivity index (χ1v) is 7.10. The van der Waals surface area contributed by atoms with Crippen molar-refractivity contribution in [1.29, 1.82) is 0 Å². The molecule has 1 saturated heterocycles. The Labute approximate surface area is 122 Å². The van der Waals surface area contributed by atoms with E-state index in [1.807, 2.05) is 6.92 Å². The number of likely N-dealkylation sites (tertiary alicyclic amines) is 1. The number of hydrogen-bond donors (Lipinski definition) is 1. The normalized spacial score (nSPS) is 19.3. The van der Waals surface area contributed by atoms with Gasteiger partial charge in [-0.15, -0.1) is 0 Å². The van der Waals surface area contributed by atoms with E-state index in [1.54, 1.807) is 11.0 Å². The maximum Gasteiger partial charge on any atom is 0.416 e. The van der Waals surface area contributed by atoms with E-state index in [0.717, 1.165) is 25.1 Å². The zero-order valence-electron chi connectivity index (χ0n) is 11.9. The second-order valence-corrected chi connectivity index (χ2v) is 5.25. The maximum absolute atomic E-state index is 12.7. The van der Waals surface area contributed by atoms with Crippen LogP contribution in [0.25, 0.3) is 0 Å². The van der Waals surface area contributed by atoms with Gasteiger partial charge in [0.2, 0.25) is 5.91 Å². The third kappa shape index (κ3) is 3.97. The molecule has 1 unspecified atom stereocenters. The lowest BCUT2D eigenvalue weighted by Crippen LogP contribution is -2.38. The highest BCUT2D eigenvalue weighted by atomic mass is 19.4. The van der Waals surface area contributed by atoms with Crippen molar-refractivity contribution in [2.75, 3.05) is 13.1 Å². The molecule has 21 heavy (non-hydrogen) atoms. The van der Waals surface area contributed by atoms with Crippen molar-refractivity contribution in [1.82, 2.24) is 10.2 Å². The highest BCUT2D eigenvalue weighted by molar-refractivity contribution is 5.83. The summed E-state index contributed by atoms with van der Waals surface area (Å²) < 4.78 is 38.0. The average Bonchev–Trinajstić information content (AvgIpc) is 2.77. The molecule has 3 nitrogen and oxygen atoms in total. The third-order valence-corrected chi connectivity index (χ3v) is 3.57. The summed E-state index contributed by atoms with van der Waals surface area (Å²) >= 11 is 0. The smallest absolute Gasteiger partial charge is 0.337 e. The third-order valence-electron chi connectivity index (χ3n) is 3.57. The van der Waals surface area contributed by atoms with Crippen LogP contribution in [0.3, 0.4) is 0 Å². The minimum absolute atomic E-state index is 0.0270. The van der Waals surface area contributed by atoms with E-state index in [-0.39, 0.29) is 18.5 Å². The lowest BCUT2D eigenvalue weighted by Gasteiger charge is -2.18. The predicted octanol–water partition coefficient (Wildman–Crippen LogP) is 2.81. The highest BCUT2D eigenvalue weighted by Gasteiger charge is 2.32. The molecule has 0 bridgehead atoms. The fourth-order valence-electron chi connectivity index (χ4n) is 2.47. The lowest BCUT2D eigenvalue weighted by molar-refractivity contribution is -0.137. The summed E-state index contributed by atoms with van der Waals surface area (Å²) in [6.07, 6.45) is -2.70. The minimum atomic E-state index is -4.35. The molecule has 1 fully saturated rings. The van der Waals surface area contributed by atoms with Crippen molar-refractivity contribution in [3.63, 3.8) is 0 Å². The lowest BCUT2D eigenvalue weighted by atomic mass is 10.1. The predicted molar refractivity (Wildman–Crippen MR) is 73.6 cm³/mol. The first-order valence-electron chi connectivity index (χ1n) is 7.10. The fraction of sp³-hybridized carbons (Fsp3) is 0.533. The van der Waals surface area contributed by atoms with Gasteiger partial charge in [-0.05, 0) is 37.1 Å². The number of carbonyl (C=O) groups excluding carboxylic acids is 1. The molecule has 1 heterocycles. The average molecular weight is 300 g/mol. The van der Waals surface area contributed by atoms with E-state index in [2.05, 4.69) is 5.32 Å². The summed E-state index contributed by atoms with van der Waals surface area (Å²) in [5.41, 5.74) is -0.165. The van der Waals surface area contributed by atoms with Gasteiger partial charge < -0.3 is 10.2 Å². The first-order chi connectivity index (χ1) is 9.91. The van der Waals surface area contributed by atoms with Crippen LogP contribution in [0.2, 0.25) is 0 Å². The standard InChI is InChI=1S/C15H19F3N2O/c1-2-7-19-13-6-8-20(14(13)21)10-11-4-3-5-12(9-11)15(16,17)18/h3-5,9,13,19H,2,6-8,10H2,1H3. The summed E-state index contributed by atoms with van der Waals surface area (Å²) in [5, 5.41) is 3.16. The monoisotopic (exact) mass is 300 g/mol. The Morgan fingerprint density at radius 2 is 2.14 bits per heavy atom. The molecule has 0 aromatic heterocycles. The van der Waals surface area contributed by atoms with Gasteiger partial charge in [-0.25, -0.2) is 0 Å². The largest absolute Gasteiger partial charge is 0.416 e. The molecule has 1 aliphatic rings. The zero-order chi connectivity index (χ0) is 15.5. The van der Waals surface area contributed by atoms with Crippen molar-refractivity contribution in [2.24, 2.45) is 0 Å². The number of nitrogens with one attached hydrogen (secondary N) is 1. The van der Waals surface area contributed by atoms with Crippen LogP contribution in [0.1, 0.15) is 30.9 Å². The summed E-state index contributed by atoms with van der Waals surface area (Å²) in [4.78, 5) is 13.8. The molecule has 0 spiro atoms. The summed E-state index contributed by atoms with van der Waals surface area (Å²) in [6, 6.07) is 4.96. The molecule has 0 radical (unpaired) electrons. The summed E-state index contributed by atoms with van der Waals surface area (Å²) in [7, 11) is 0. The van der Waals surface area contributed by atoms with Crippen molar-refractivity contribution >= 4 is 5.91 Å². The van der Waals surface area contributed by atoms with Crippen molar-refractivity contribution < 1.29 is 18.0 Å². The van der Waals surface area contributed by atoms with E-state index in [9.17, 15) is 18.0 Å². The maximum atomic E-state index is 12.7. The Hall–Kier alpha value is -1.56. The van der Waals surface area contributed by atoms with Gasteiger partial charge in [-0.1, -0.05) is 19.1 Å². The number of carbonyl (C=O) groups is 1. The van der Waals surface area contributed by atoms with Gasteiger partial charge in [0, 0.05) is 13.1 Å². The highest BCUT2D eigenvalue weighted by Crippen LogP contribution is 2.30. The zero-order valence-corrected chi connectivity index (χ0v) is 11.9. The molecule has 1 aliphatic heterocycles. The molecule has 1 amide bonds. The number of benzene rings is 1. The molecule has 1 atom stereocenters. The van der Waals surface area contributed by atoms with Crippen LogP contribution in [0.15, 0.2) is 24.3 Å². The number of nitrogens with zero attached hydrogens (tertiary/aromatic N) is 1. The Morgan fingerprint density at radius 3 is 2.81 bits per heavy atom. The number of amides is 1. The molecule has 116 valence electrons. The van der Waals surface area contributed by atoms with Crippen molar-refractivity contribution in [3.8, 4) is 0 Å². The SMILES string of the molecule is CCCNC1CCN(Cc2cccc(C(F)(F)F)c2)C1=O. The van der Waals surface area contributed by atoms with Crippen LogP contribution in [0.4, 0.5) is 13.2 Å². The Morgan fingerprint density at radius 1 is 1.38 bits per heavy atom. The molecule has 0 aliphatic carbocycles. The molecule has 0 saturated carbocycles.